The van der Waals surface area contributed by atoms with Crippen molar-refractivity contribution in [1.29, 1.82) is 0 Å². The largest absolute Gasteiger partial charge is 0.333 e. The van der Waals surface area contributed by atoms with Gasteiger partial charge in [-0.05, 0) is 52.3 Å². The van der Waals surface area contributed by atoms with Gasteiger partial charge in [0.15, 0.2) is 16.9 Å². The monoisotopic (exact) mass is 393 g/mol. The van der Waals surface area contributed by atoms with Crippen LogP contribution in [-0.2, 0) is 11.8 Å². The maximum atomic E-state index is 13.3. The van der Waals surface area contributed by atoms with Crippen molar-refractivity contribution in [1.82, 2.24) is 23.1 Å². The molecule has 0 saturated carbocycles. The van der Waals surface area contributed by atoms with Gasteiger partial charge >= 0.3 is 5.69 Å². The molecule has 0 spiro atoms. The van der Waals surface area contributed by atoms with E-state index in [9.17, 15) is 14.4 Å². The summed E-state index contributed by atoms with van der Waals surface area (Å²) in [6.45, 7) is 8.83. The highest BCUT2D eigenvalue weighted by Crippen LogP contribution is 2.25. The summed E-state index contributed by atoms with van der Waals surface area (Å²) >= 11 is 0. The van der Waals surface area contributed by atoms with E-state index in [0.717, 1.165) is 27.2 Å². The van der Waals surface area contributed by atoms with Crippen LogP contribution in [0.25, 0.3) is 22.6 Å². The summed E-state index contributed by atoms with van der Waals surface area (Å²) in [5, 5.41) is 0. The van der Waals surface area contributed by atoms with Crippen LogP contribution in [0.5, 0.6) is 0 Å². The predicted molar refractivity (Wildman–Crippen MR) is 111 cm³/mol. The Morgan fingerprint density at radius 3 is 2.41 bits per heavy atom. The highest BCUT2D eigenvalue weighted by Gasteiger charge is 2.25. The zero-order valence-electron chi connectivity index (χ0n) is 17.3. The van der Waals surface area contributed by atoms with Crippen LogP contribution in [0.2, 0.25) is 0 Å². The van der Waals surface area contributed by atoms with Gasteiger partial charge in [-0.25, -0.2) is 9.36 Å². The summed E-state index contributed by atoms with van der Waals surface area (Å²) in [5.74, 6) is 0.301. The zero-order chi connectivity index (χ0) is 21.2. The lowest BCUT2D eigenvalue weighted by Crippen LogP contribution is -2.42. The normalized spacial score (nSPS) is 12.8. The van der Waals surface area contributed by atoms with Gasteiger partial charge in [-0.15, -0.1) is 0 Å². The van der Waals surface area contributed by atoms with Crippen molar-refractivity contribution >= 4 is 22.7 Å². The van der Waals surface area contributed by atoms with Crippen LogP contribution >= 0.6 is 0 Å². The van der Waals surface area contributed by atoms with E-state index in [4.69, 9.17) is 0 Å². The van der Waals surface area contributed by atoms with Gasteiger partial charge in [0.25, 0.3) is 5.56 Å². The van der Waals surface area contributed by atoms with Crippen LogP contribution in [0, 0.1) is 20.8 Å². The molecule has 0 saturated heterocycles. The molecular weight excluding hydrogens is 370 g/mol. The Morgan fingerprint density at radius 1 is 1.10 bits per heavy atom. The fourth-order valence-corrected chi connectivity index (χ4v) is 3.82. The van der Waals surface area contributed by atoms with Crippen LogP contribution in [0.15, 0.2) is 33.9 Å². The number of carbonyl (C=O) groups is 1. The first-order valence-electron chi connectivity index (χ1n) is 9.44. The van der Waals surface area contributed by atoms with Crippen molar-refractivity contribution in [2.75, 3.05) is 0 Å². The quantitative estimate of drug-likeness (QED) is 0.534. The minimum atomic E-state index is -0.851. The third kappa shape index (κ3) is 2.52. The minimum Gasteiger partial charge on any atom is -0.298 e. The number of Topliss-reactive ketones (excluding diaryl/α,β-unsaturated/α-hetero) is 1. The van der Waals surface area contributed by atoms with Gasteiger partial charge in [0.05, 0.1) is 6.04 Å². The Labute approximate surface area is 166 Å². The summed E-state index contributed by atoms with van der Waals surface area (Å²) in [7, 11) is 1.57. The van der Waals surface area contributed by atoms with Gasteiger partial charge in [-0.3, -0.25) is 23.1 Å². The molecule has 150 valence electrons. The SMILES string of the molecule is CC(=O)[C@@H](C)n1c(=O)c2c(nc3n(-c4cccc(C)c4)c(C)c(C)n23)n(C)c1=O. The third-order valence-corrected chi connectivity index (χ3v) is 5.70. The number of aromatic nitrogens is 5. The summed E-state index contributed by atoms with van der Waals surface area (Å²) in [4.78, 5) is 42.7. The number of ketones is 1. The lowest BCUT2D eigenvalue weighted by Gasteiger charge is -2.12. The van der Waals surface area contributed by atoms with E-state index in [1.54, 1.807) is 18.4 Å². The van der Waals surface area contributed by atoms with Gasteiger partial charge in [-0.2, -0.15) is 4.98 Å². The summed E-state index contributed by atoms with van der Waals surface area (Å²) in [6.07, 6.45) is 0. The summed E-state index contributed by atoms with van der Waals surface area (Å²) < 4.78 is 6.10. The molecule has 4 rings (SSSR count). The highest BCUT2D eigenvalue weighted by molar-refractivity contribution is 5.81. The average molecular weight is 393 g/mol. The van der Waals surface area contributed by atoms with Crippen molar-refractivity contribution in [3.05, 3.63) is 62.1 Å². The maximum absolute atomic E-state index is 13.3. The molecule has 0 N–H and O–H groups in total. The molecule has 0 amide bonds. The summed E-state index contributed by atoms with van der Waals surface area (Å²) in [6, 6.07) is 7.15. The molecule has 0 bridgehead atoms. The molecule has 8 nitrogen and oxygen atoms in total. The third-order valence-electron chi connectivity index (χ3n) is 5.70. The second-order valence-corrected chi connectivity index (χ2v) is 7.57. The minimum absolute atomic E-state index is 0.255. The van der Waals surface area contributed by atoms with Crippen LogP contribution in [-0.4, -0.2) is 28.9 Å². The van der Waals surface area contributed by atoms with Crippen LogP contribution in [0.1, 0.15) is 36.8 Å². The lowest BCUT2D eigenvalue weighted by molar-refractivity contribution is -0.119. The number of nitrogens with zero attached hydrogens (tertiary/aromatic N) is 5. The molecule has 29 heavy (non-hydrogen) atoms. The molecule has 8 heteroatoms. The zero-order valence-corrected chi connectivity index (χ0v) is 17.3. The van der Waals surface area contributed by atoms with E-state index in [-0.39, 0.29) is 5.78 Å². The molecule has 0 aliphatic carbocycles. The Bertz CT molecular complexity index is 1430. The van der Waals surface area contributed by atoms with Gasteiger partial charge in [0, 0.05) is 24.1 Å². The number of benzene rings is 1. The molecule has 1 aromatic carbocycles. The second kappa shape index (κ2) is 6.30. The van der Waals surface area contributed by atoms with Crippen LogP contribution < -0.4 is 11.2 Å². The van der Waals surface area contributed by atoms with E-state index in [1.807, 2.05) is 49.6 Å². The van der Waals surface area contributed by atoms with Crippen LogP contribution in [0.4, 0.5) is 0 Å². The Morgan fingerprint density at radius 2 is 1.79 bits per heavy atom. The van der Waals surface area contributed by atoms with E-state index < -0.39 is 17.3 Å². The molecule has 0 aliphatic rings. The number of hydrogen-bond donors (Lipinski definition) is 0. The van der Waals surface area contributed by atoms with Crippen LogP contribution in [0.3, 0.4) is 0 Å². The van der Waals surface area contributed by atoms with E-state index in [0.29, 0.717) is 16.9 Å². The van der Waals surface area contributed by atoms with Gasteiger partial charge < -0.3 is 0 Å². The maximum Gasteiger partial charge on any atom is 0.333 e. The first kappa shape index (κ1) is 18.9. The topological polar surface area (TPSA) is 83.3 Å². The molecule has 0 unspecified atom stereocenters. The Balaban J connectivity index is 2.21. The molecule has 0 fully saturated rings. The van der Waals surface area contributed by atoms with Crippen molar-refractivity contribution in [2.45, 2.75) is 40.7 Å². The predicted octanol–water partition coefficient (Wildman–Crippen LogP) is 2.21. The smallest absolute Gasteiger partial charge is 0.298 e. The number of aryl methyl sites for hydroxylation is 3. The number of hydrogen-bond acceptors (Lipinski definition) is 4. The molecule has 1 atom stereocenters. The molecule has 0 aliphatic heterocycles. The lowest BCUT2D eigenvalue weighted by atomic mass is 10.2. The summed E-state index contributed by atoms with van der Waals surface area (Å²) in [5.41, 5.74) is 3.35. The second-order valence-electron chi connectivity index (χ2n) is 7.57. The van der Waals surface area contributed by atoms with E-state index >= 15 is 0 Å². The first-order valence-corrected chi connectivity index (χ1v) is 9.44. The van der Waals surface area contributed by atoms with Crippen molar-refractivity contribution in [3.63, 3.8) is 0 Å². The fourth-order valence-electron chi connectivity index (χ4n) is 3.82. The Kier molecular flexibility index (Phi) is 4.11. The van der Waals surface area contributed by atoms with Crippen molar-refractivity contribution in [3.8, 4) is 5.69 Å². The molecular formula is C21H23N5O3. The standard InChI is InChI=1S/C21H23N5O3/c1-11-8-7-9-16(10-11)24-12(2)13(3)25-17-18(22-20(24)25)23(6)21(29)26(19(17)28)14(4)15(5)27/h7-10,14H,1-6H3/t14-/m1/s1. The first-order chi connectivity index (χ1) is 13.6. The highest BCUT2D eigenvalue weighted by atomic mass is 16.2. The van der Waals surface area contributed by atoms with Gasteiger partial charge in [0.2, 0.25) is 5.78 Å². The number of carbonyl (C=O) groups excluding carboxylic acids is 1. The fraction of sp³-hybridized carbons (Fsp3) is 0.333. The van der Waals surface area contributed by atoms with Gasteiger partial charge in [-0.1, -0.05) is 12.1 Å². The number of rotatable bonds is 3. The molecule has 0 radical (unpaired) electrons. The number of fused-ring (bicyclic) bond motifs is 3. The molecule has 3 heterocycles. The number of imidazole rings is 2. The van der Waals surface area contributed by atoms with E-state index in [2.05, 4.69) is 4.98 Å². The average Bonchev–Trinajstić information content (AvgIpc) is 3.16. The molecule has 4 aromatic rings. The van der Waals surface area contributed by atoms with Crippen molar-refractivity contribution in [2.24, 2.45) is 7.05 Å². The van der Waals surface area contributed by atoms with Crippen molar-refractivity contribution < 1.29 is 4.79 Å². The molecule has 3 aromatic heterocycles. The van der Waals surface area contributed by atoms with Gasteiger partial charge in [0.1, 0.15) is 0 Å². The Hall–Kier alpha value is -3.42. The van der Waals surface area contributed by atoms with E-state index in [1.165, 1.54) is 11.5 Å².